The number of carboxylic acids is 1. The molecule has 1 unspecified atom stereocenters. The summed E-state index contributed by atoms with van der Waals surface area (Å²) in [5.41, 5.74) is 0.528. The number of carbonyl (C=O) groups is 3. The molecule has 21 heavy (non-hydrogen) atoms. The van der Waals surface area contributed by atoms with Crippen molar-refractivity contribution in [2.24, 2.45) is 0 Å². The fourth-order valence-electron chi connectivity index (χ4n) is 2.48. The number of thiol groups is 1. The van der Waals surface area contributed by atoms with Gasteiger partial charge in [-0.15, -0.1) is 0 Å². The maximum absolute atomic E-state index is 12.3. The number of carbonyl (C=O) groups excluding carboxylic acids is 2. The van der Waals surface area contributed by atoms with E-state index in [-0.39, 0.29) is 18.1 Å². The monoisotopic (exact) mass is 307 g/mol. The Bertz CT molecular complexity index is 546. The fourth-order valence-corrected chi connectivity index (χ4v) is 2.80. The third-order valence-electron chi connectivity index (χ3n) is 3.58. The standard InChI is InChI=1S/C15H17NO4S/c17-12(10-5-2-1-3-6-10)9-13(21)14(18)16-8-4-7-11(16)15(19)20/h1-3,5-6,11,13,21H,4,7-9H2,(H,19,20)/t11-,13?/m0/s1. The Hall–Kier alpha value is -1.82. The molecule has 0 radical (unpaired) electrons. The zero-order valence-electron chi connectivity index (χ0n) is 11.4. The molecule has 0 saturated carbocycles. The van der Waals surface area contributed by atoms with Crippen LogP contribution >= 0.6 is 12.6 Å². The van der Waals surface area contributed by atoms with Crippen LogP contribution < -0.4 is 0 Å². The number of ketones is 1. The zero-order chi connectivity index (χ0) is 15.4. The minimum Gasteiger partial charge on any atom is -0.480 e. The molecule has 2 rings (SSSR count). The average Bonchev–Trinajstić information content (AvgIpc) is 2.96. The lowest BCUT2D eigenvalue weighted by Gasteiger charge is -2.24. The molecule has 1 aromatic rings. The first kappa shape index (κ1) is 15.6. The second-order valence-electron chi connectivity index (χ2n) is 5.04. The summed E-state index contributed by atoms with van der Waals surface area (Å²) in [6.45, 7) is 0.409. The molecule has 6 heteroatoms. The Kier molecular flexibility index (Phi) is 5.01. The van der Waals surface area contributed by atoms with Crippen molar-refractivity contribution in [3.05, 3.63) is 35.9 Å². The molecule has 0 aromatic heterocycles. The maximum Gasteiger partial charge on any atom is 0.326 e. The molecule has 5 nitrogen and oxygen atoms in total. The molecule has 2 atom stereocenters. The quantitative estimate of drug-likeness (QED) is 0.640. The number of carboxylic acid groups (broad SMARTS) is 1. The summed E-state index contributed by atoms with van der Waals surface area (Å²) in [6, 6.07) is 7.89. The van der Waals surface area contributed by atoms with Crippen molar-refractivity contribution in [2.75, 3.05) is 6.54 Å². The fraction of sp³-hybridized carbons (Fsp3) is 0.400. The van der Waals surface area contributed by atoms with Gasteiger partial charge in [-0.25, -0.2) is 4.79 Å². The van der Waals surface area contributed by atoms with Crippen LogP contribution in [0.25, 0.3) is 0 Å². The lowest BCUT2D eigenvalue weighted by atomic mass is 10.1. The van der Waals surface area contributed by atoms with Gasteiger partial charge < -0.3 is 10.0 Å². The highest BCUT2D eigenvalue weighted by atomic mass is 32.1. The number of rotatable bonds is 5. The van der Waals surface area contributed by atoms with E-state index in [9.17, 15) is 14.4 Å². The highest BCUT2D eigenvalue weighted by molar-refractivity contribution is 7.81. The minimum atomic E-state index is -1.00. The molecule has 112 valence electrons. The first-order valence-corrected chi connectivity index (χ1v) is 7.32. The van der Waals surface area contributed by atoms with Crippen LogP contribution in [0.1, 0.15) is 29.6 Å². The molecule has 0 spiro atoms. The Morgan fingerprint density at radius 2 is 1.95 bits per heavy atom. The van der Waals surface area contributed by atoms with E-state index < -0.39 is 17.3 Å². The number of aliphatic carboxylic acids is 1. The van der Waals surface area contributed by atoms with E-state index in [1.807, 2.05) is 6.07 Å². The molecule has 1 aromatic carbocycles. The lowest BCUT2D eigenvalue weighted by Crippen LogP contribution is -2.44. The summed E-state index contributed by atoms with van der Waals surface area (Å²) in [4.78, 5) is 36.7. The van der Waals surface area contributed by atoms with E-state index in [0.717, 1.165) is 0 Å². The third kappa shape index (κ3) is 3.64. The second kappa shape index (κ2) is 6.76. The highest BCUT2D eigenvalue weighted by Crippen LogP contribution is 2.21. The van der Waals surface area contributed by atoms with E-state index in [2.05, 4.69) is 12.6 Å². The van der Waals surface area contributed by atoms with E-state index in [4.69, 9.17) is 5.11 Å². The lowest BCUT2D eigenvalue weighted by molar-refractivity contribution is -0.147. The van der Waals surface area contributed by atoms with Crippen LogP contribution in [0.4, 0.5) is 0 Å². The number of amides is 1. The van der Waals surface area contributed by atoms with Gasteiger partial charge in [0, 0.05) is 18.5 Å². The Morgan fingerprint density at radius 3 is 2.57 bits per heavy atom. The summed E-state index contributed by atoms with van der Waals surface area (Å²) in [7, 11) is 0. The summed E-state index contributed by atoms with van der Waals surface area (Å²) in [6.07, 6.45) is 1.08. The van der Waals surface area contributed by atoms with Crippen molar-refractivity contribution in [3.8, 4) is 0 Å². The molecule has 1 heterocycles. The molecular formula is C15H17NO4S. The first-order chi connectivity index (χ1) is 10.0. The van der Waals surface area contributed by atoms with E-state index in [1.54, 1.807) is 24.3 Å². The van der Waals surface area contributed by atoms with Crippen LogP contribution in [0.2, 0.25) is 0 Å². The van der Waals surface area contributed by atoms with Gasteiger partial charge in [-0.2, -0.15) is 12.6 Å². The van der Waals surface area contributed by atoms with Crippen molar-refractivity contribution in [1.82, 2.24) is 4.90 Å². The number of hydrogen-bond donors (Lipinski definition) is 2. The largest absolute Gasteiger partial charge is 0.480 e. The normalized spacial score (nSPS) is 19.3. The van der Waals surface area contributed by atoms with E-state index in [1.165, 1.54) is 4.90 Å². The van der Waals surface area contributed by atoms with Gasteiger partial charge in [0.2, 0.25) is 5.91 Å². The third-order valence-corrected chi connectivity index (χ3v) is 3.98. The van der Waals surface area contributed by atoms with Crippen LogP contribution in [0.3, 0.4) is 0 Å². The maximum atomic E-state index is 12.3. The van der Waals surface area contributed by atoms with Crippen molar-refractivity contribution >= 4 is 30.3 Å². The van der Waals surface area contributed by atoms with Gasteiger partial charge in [-0.05, 0) is 12.8 Å². The summed E-state index contributed by atoms with van der Waals surface area (Å²) in [5, 5.41) is 8.28. The van der Waals surface area contributed by atoms with Gasteiger partial charge in [0.05, 0.1) is 5.25 Å². The van der Waals surface area contributed by atoms with Crippen molar-refractivity contribution in [3.63, 3.8) is 0 Å². The molecule has 1 amide bonds. The van der Waals surface area contributed by atoms with E-state index in [0.29, 0.717) is 24.9 Å². The molecule has 0 aliphatic carbocycles. The second-order valence-corrected chi connectivity index (χ2v) is 5.66. The van der Waals surface area contributed by atoms with Crippen molar-refractivity contribution < 1.29 is 19.5 Å². The Morgan fingerprint density at radius 1 is 1.29 bits per heavy atom. The predicted molar refractivity (Wildman–Crippen MR) is 80.5 cm³/mol. The van der Waals surface area contributed by atoms with Crippen molar-refractivity contribution in [1.29, 1.82) is 0 Å². The van der Waals surface area contributed by atoms with Gasteiger partial charge in [0.1, 0.15) is 6.04 Å². The first-order valence-electron chi connectivity index (χ1n) is 6.80. The van der Waals surface area contributed by atoms with Crippen LogP contribution in [-0.4, -0.2) is 45.5 Å². The van der Waals surface area contributed by atoms with Crippen LogP contribution in [0.5, 0.6) is 0 Å². The number of nitrogens with zero attached hydrogens (tertiary/aromatic N) is 1. The molecule has 1 aliphatic heterocycles. The van der Waals surface area contributed by atoms with Crippen LogP contribution in [0.15, 0.2) is 30.3 Å². The Labute approximate surface area is 128 Å². The number of hydrogen-bond acceptors (Lipinski definition) is 4. The molecule has 1 N–H and O–H groups in total. The average molecular weight is 307 g/mol. The molecule has 1 aliphatic rings. The van der Waals surface area contributed by atoms with Crippen LogP contribution in [-0.2, 0) is 9.59 Å². The number of likely N-dealkylation sites (tertiary alicyclic amines) is 1. The van der Waals surface area contributed by atoms with Crippen molar-refractivity contribution in [2.45, 2.75) is 30.6 Å². The number of Topliss-reactive ketones (excluding diaryl/α,β-unsaturated/α-hetero) is 1. The molecule has 1 saturated heterocycles. The summed E-state index contributed by atoms with van der Waals surface area (Å²) in [5.74, 6) is -1.56. The topological polar surface area (TPSA) is 74.7 Å². The Balaban J connectivity index is 2.00. The predicted octanol–water partition coefficient (Wildman–Crippen LogP) is 1.63. The highest BCUT2D eigenvalue weighted by Gasteiger charge is 2.36. The molecule has 0 bridgehead atoms. The van der Waals surface area contributed by atoms with Crippen LogP contribution in [0, 0.1) is 0 Å². The molecular weight excluding hydrogens is 290 g/mol. The summed E-state index contributed by atoms with van der Waals surface area (Å²) >= 11 is 4.19. The van der Waals surface area contributed by atoms with Gasteiger partial charge in [0.15, 0.2) is 5.78 Å². The SMILES string of the molecule is O=C(CC(S)C(=O)N1CCC[C@H]1C(=O)O)c1ccccc1. The summed E-state index contributed by atoms with van der Waals surface area (Å²) < 4.78 is 0. The van der Waals surface area contributed by atoms with Gasteiger partial charge in [-0.1, -0.05) is 30.3 Å². The molecule has 1 fully saturated rings. The van der Waals surface area contributed by atoms with Gasteiger partial charge in [0.25, 0.3) is 0 Å². The zero-order valence-corrected chi connectivity index (χ0v) is 12.3. The van der Waals surface area contributed by atoms with Gasteiger partial charge in [-0.3, -0.25) is 9.59 Å². The van der Waals surface area contributed by atoms with E-state index >= 15 is 0 Å². The smallest absolute Gasteiger partial charge is 0.326 e. The number of benzene rings is 1. The minimum absolute atomic E-state index is 0.0329. The van der Waals surface area contributed by atoms with Gasteiger partial charge >= 0.3 is 5.97 Å².